The van der Waals surface area contributed by atoms with Gasteiger partial charge in [-0.15, -0.1) is 5.10 Å². The zero-order valence-corrected chi connectivity index (χ0v) is 17.3. The molecule has 164 valence electrons. The van der Waals surface area contributed by atoms with Crippen LogP contribution in [-0.2, 0) is 4.79 Å². The Bertz CT molecular complexity index is 1120. The number of carboxylic acids is 1. The number of hydrogen-bond donors (Lipinski definition) is 3. The molecule has 1 unspecified atom stereocenters. The molecular formula is C23H23N5O4. The average molecular weight is 433 g/mol. The van der Waals surface area contributed by atoms with E-state index in [-0.39, 0.29) is 23.2 Å². The number of anilines is 3. The summed E-state index contributed by atoms with van der Waals surface area (Å²) in [6.45, 7) is 0. The predicted molar refractivity (Wildman–Crippen MR) is 116 cm³/mol. The number of amides is 1. The molecule has 2 fully saturated rings. The largest absolute Gasteiger partial charge is 0.481 e. The van der Waals surface area contributed by atoms with Crippen LogP contribution in [0, 0.1) is 11.3 Å². The van der Waals surface area contributed by atoms with Gasteiger partial charge in [0.1, 0.15) is 0 Å². The van der Waals surface area contributed by atoms with E-state index < -0.39 is 11.9 Å². The summed E-state index contributed by atoms with van der Waals surface area (Å²) in [6, 6.07) is 13.2. The second-order valence-electron chi connectivity index (χ2n) is 8.56. The normalized spacial score (nSPS) is 24.1. The van der Waals surface area contributed by atoms with Crippen molar-refractivity contribution < 1.29 is 19.1 Å². The highest BCUT2D eigenvalue weighted by atomic mass is 16.4. The van der Waals surface area contributed by atoms with Crippen LogP contribution >= 0.6 is 0 Å². The van der Waals surface area contributed by atoms with Crippen molar-refractivity contribution in [1.29, 1.82) is 0 Å². The van der Waals surface area contributed by atoms with Crippen molar-refractivity contribution in [2.75, 3.05) is 10.6 Å². The molecule has 3 aromatic rings. The zero-order valence-electron chi connectivity index (χ0n) is 17.3. The van der Waals surface area contributed by atoms with Crippen molar-refractivity contribution in [2.24, 2.45) is 11.3 Å². The highest BCUT2D eigenvalue weighted by Gasteiger charge is 2.58. The first kappa shape index (κ1) is 20.2. The SMILES string of the molecule is O=C(Nc1ccc(C2CCC3(CC2)CC3C(=O)O)nc1)c1nnc(Nc2ccccc2)o1. The van der Waals surface area contributed by atoms with E-state index in [2.05, 4.69) is 25.8 Å². The second-order valence-corrected chi connectivity index (χ2v) is 8.56. The standard InChI is InChI=1S/C23H23N5O4/c29-19(20-27-28-22(32-20)26-15-4-2-1-3-5-15)25-16-6-7-18(24-13-16)14-8-10-23(11-9-14)12-17(23)21(30)31/h1-7,13-14,17H,8-12H2,(H,25,29)(H,26,28)(H,30,31). The van der Waals surface area contributed by atoms with Crippen molar-refractivity contribution in [3.8, 4) is 0 Å². The zero-order chi connectivity index (χ0) is 22.1. The maximum Gasteiger partial charge on any atom is 0.320 e. The van der Waals surface area contributed by atoms with Crippen molar-refractivity contribution in [3.05, 3.63) is 60.2 Å². The number of hydrogen-bond acceptors (Lipinski definition) is 7. The molecular weight excluding hydrogens is 410 g/mol. The lowest BCUT2D eigenvalue weighted by molar-refractivity contribution is -0.139. The molecule has 9 heteroatoms. The Morgan fingerprint density at radius 2 is 1.81 bits per heavy atom. The van der Waals surface area contributed by atoms with Crippen molar-refractivity contribution in [1.82, 2.24) is 15.2 Å². The average Bonchev–Trinajstić information content (AvgIpc) is 3.30. The van der Waals surface area contributed by atoms with E-state index in [0.29, 0.717) is 11.6 Å². The van der Waals surface area contributed by atoms with Gasteiger partial charge in [0.15, 0.2) is 0 Å². The van der Waals surface area contributed by atoms with Gasteiger partial charge in [0, 0.05) is 17.3 Å². The van der Waals surface area contributed by atoms with Gasteiger partial charge in [-0.2, -0.15) is 0 Å². The summed E-state index contributed by atoms with van der Waals surface area (Å²) in [5.41, 5.74) is 2.30. The first-order chi connectivity index (χ1) is 15.5. The van der Waals surface area contributed by atoms with Gasteiger partial charge in [-0.05, 0) is 61.8 Å². The number of para-hydroxylation sites is 1. The van der Waals surface area contributed by atoms with Gasteiger partial charge in [0.25, 0.3) is 0 Å². The van der Waals surface area contributed by atoms with Gasteiger partial charge in [-0.1, -0.05) is 23.3 Å². The lowest BCUT2D eigenvalue weighted by Crippen LogP contribution is -2.19. The summed E-state index contributed by atoms with van der Waals surface area (Å²) in [6.07, 6.45) is 6.19. The highest BCUT2D eigenvalue weighted by Crippen LogP contribution is 2.63. The Labute approximate surface area is 184 Å². The molecule has 2 aliphatic carbocycles. The third-order valence-corrected chi connectivity index (χ3v) is 6.58. The number of rotatable bonds is 6. The number of carbonyl (C=O) groups excluding carboxylic acids is 1. The first-order valence-electron chi connectivity index (χ1n) is 10.7. The minimum atomic E-state index is -0.661. The van der Waals surface area contributed by atoms with Crippen LogP contribution in [0.1, 0.15) is 54.4 Å². The molecule has 2 aromatic heterocycles. The molecule has 0 saturated heterocycles. The maximum absolute atomic E-state index is 12.4. The van der Waals surface area contributed by atoms with Crippen LogP contribution in [0.4, 0.5) is 17.4 Å². The Hall–Kier alpha value is -3.75. The summed E-state index contributed by atoms with van der Waals surface area (Å²) in [7, 11) is 0. The van der Waals surface area contributed by atoms with Gasteiger partial charge in [0.05, 0.1) is 17.8 Å². The van der Waals surface area contributed by atoms with Crippen molar-refractivity contribution in [3.63, 3.8) is 0 Å². The van der Waals surface area contributed by atoms with E-state index in [0.717, 1.165) is 43.5 Å². The molecule has 3 N–H and O–H groups in total. The molecule has 9 nitrogen and oxygen atoms in total. The molecule has 1 atom stereocenters. The summed E-state index contributed by atoms with van der Waals surface area (Å²) in [5.74, 6) is -1.17. The fourth-order valence-electron chi connectivity index (χ4n) is 4.65. The third kappa shape index (κ3) is 4.05. The van der Waals surface area contributed by atoms with Gasteiger partial charge in [-0.25, -0.2) is 0 Å². The summed E-state index contributed by atoms with van der Waals surface area (Å²) in [5, 5.41) is 22.5. The number of nitrogens with one attached hydrogen (secondary N) is 2. The fourth-order valence-corrected chi connectivity index (χ4v) is 4.65. The van der Waals surface area contributed by atoms with Crippen LogP contribution in [0.2, 0.25) is 0 Å². The number of aliphatic carboxylic acids is 1. The van der Waals surface area contributed by atoms with Crippen molar-refractivity contribution in [2.45, 2.75) is 38.0 Å². The number of pyridine rings is 1. The quantitative estimate of drug-likeness (QED) is 0.527. The monoisotopic (exact) mass is 433 g/mol. The Morgan fingerprint density at radius 1 is 1.03 bits per heavy atom. The molecule has 2 aliphatic rings. The topological polar surface area (TPSA) is 130 Å². The van der Waals surface area contributed by atoms with E-state index in [1.54, 1.807) is 12.3 Å². The van der Waals surface area contributed by atoms with Gasteiger partial charge in [0.2, 0.25) is 0 Å². The first-order valence-corrected chi connectivity index (χ1v) is 10.7. The predicted octanol–water partition coefficient (Wildman–Crippen LogP) is 4.21. The molecule has 2 saturated carbocycles. The van der Waals surface area contributed by atoms with E-state index in [4.69, 9.17) is 4.42 Å². The van der Waals surface area contributed by atoms with Gasteiger partial charge < -0.3 is 20.2 Å². The summed E-state index contributed by atoms with van der Waals surface area (Å²) >= 11 is 0. The number of nitrogens with zero attached hydrogens (tertiary/aromatic N) is 3. The van der Waals surface area contributed by atoms with Gasteiger partial charge in [-0.3, -0.25) is 14.6 Å². The summed E-state index contributed by atoms with van der Waals surface area (Å²) < 4.78 is 5.38. The minimum Gasteiger partial charge on any atom is -0.481 e. The Morgan fingerprint density at radius 3 is 2.47 bits per heavy atom. The minimum absolute atomic E-state index is 0.0224. The fraction of sp³-hybridized carbons (Fsp3) is 0.348. The van der Waals surface area contributed by atoms with Gasteiger partial charge >= 0.3 is 23.8 Å². The molecule has 5 rings (SSSR count). The highest BCUT2D eigenvalue weighted by molar-refractivity contribution is 6.00. The number of carbonyl (C=O) groups is 2. The molecule has 1 amide bonds. The van der Waals surface area contributed by atoms with Crippen LogP contribution in [0.3, 0.4) is 0 Å². The smallest absolute Gasteiger partial charge is 0.320 e. The van der Waals surface area contributed by atoms with Crippen LogP contribution < -0.4 is 10.6 Å². The van der Waals surface area contributed by atoms with E-state index in [9.17, 15) is 14.7 Å². The molecule has 0 bridgehead atoms. The second kappa shape index (κ2) is 8.07. The Kier molecular flexibility index (Phi) is 5.08. The number of benzene rings is 1. The molecule has 0 aliphatic heterocycles. The van der Waals surface area contributed by atoms with Crippen LogP contribution in [-0.4, -0.2) is 32.2 Å². The number of aromatic nitrogens is 3. The van der Waals surface area contributed by atoms with E-state index in [1.807, 2.05) is 36.4 Å². The molecule has 32 heavy (non-hydrogen) atoms. The Balaban J connectivity index is 1.16. The third-order valence-electron chi connectivity index (χ3n) is 6.58. The molecule has 2 heterocycles. The van der Waals surface area contributed by atoms with E-state index >= 15 is 0 Å². The van der Waals surface area contributed by atoms with Crippen molar-refractivity contribution >= 4 is 29.3 Å². The van der Waals surface area contributed by atoms with E-state index in [1.165, 1.54) is 0 Å². The van der Waals surface area contributed by atoms with Crippen LogP contribution in [0.15, 0.2) is 53.1 Å². The lowest BCUT2D eigenvalue weighted by atomic mass is 9.77. The van der Waals surface area contributed by atoms with Crippen LogP contribution in [0.25, 0.3) is 0 Å². The lowest BCUT2D eigenvalue weighted by Gasteiger charge is -2.28. The summed E-state index contributed by atoms with van der Waals surface area (Å²) in [4.78, 5) is 28.2. The number of carboxylic acid groups (broad SMARTS) is 1. The molecule has 0 radical (unpaired) electrons. The molecule has 1 aromatic carbocycles. The maximum atomic E-state index is 12.4. The molecule has 1 spiro atoms. The van der Waals surface area contributed by atoms with Crippen LogP contribution in [0.5, 0.6) is 0 Å².